The van der Waals surface area contributed by atoms with Crippen LogP contribution in [0, 0.1) is 6.08 Å². The van der Waals surface area contributed by atoms with Crippen LogP contribution in [0.2, 0.25) is 0 Å². The van der Waals surface area contributed by atoms with Crippen molar-refractivity contribution in [1.82, 2.24) is 0 Å². The Morgan fingerprint density at radius 3 is 2.45 bits per heavy atom. The summed E-state index contributed by atoms with van der Waals surface area (Å²) in [5.74, 6) is 0. The maximum Gasteiger partial charge on any atom is 0 e. The Balaban J connectivity index is -0.000000213. The fourth-order valence-electron chi connectivity index (χ4n) is 0.891. The van der Waals surface area contributed by atoms with Crippen molar-refractivity contribution < 1.29 is 25.8 Å². The predicted molar refractivity (Wildman–Crippen MR) is 56.1 cm³/mol. The molecule has 0 aromatic rings. The van der Waals surface area contributed by atoms with Crippen molar-refractivity contribution in [3.8, 4) is 0 Å². The summed E-state index contributed by atoms with van der Waals surface area (Å²) in [5, 5.41) is 0. The molecule has 0 saturated carbocycles. The monoisotopic (exact) mass is 447 g/mol. The molecule has 0 atom stereocenters. The van der Waals surface area contributed by atoms with Crippen LogP contribution in [-0.4, -0.2) is 0 Å². The molecule has 0 unspecified atom stereocenters. The fraction of sp³-hybridized carbons (Fsp3) is 0.500. The van der Waals surface area contributed by atoms with Gasteiger partial charge in [-0.05, 0) is 0 Å². The number of halogens is 2. The summed E-state index contributed by atoms with van der Waals surface area (Å²) >= 11 is 0. The van der Waals surface area contributed by atoms with E-state index in [1.165, 1.54) is 18.4 Å². The minimum Gasteiger partial charge on any atom is -0.269 e. The quantitative estimate of drug-likeness (QED) is 0.448. The van der Waals surface area contributed by atoms with Gasteiger partial charge >= 0.3 is 0 Å². The van der Waals surface area contributed by atoms with Gasteiger partial charge < -0.3 is 0 Å². The normalized spacial score (nSPS) is 12.3. The molecule has 0 saturated heterocycles. The van der Waals surface area contributed by atoms with Crippen molar-refractivity contribution in [3.63, 3.8) is 0 Å². The largest absolute Gasteiger partial charge is 0.269 e. The molecule has 1 aliphatic rings. The molecule has 0 spiro atoms. The molecule has 0 radical (unpaired) electrons. The van der Waals surface area contributed by atoms with E-state index in [0.29, 0.717) is 0 Å². The maximum absolute atomic E-state index is 3.26. The Kier molecular flexibility index (Phi) is 18.7. The number of rotatable bonds is 2. The van der Waals surface area contributed by atoms with E-state index in [1.54, 1.807) is 0 Å². The van der Waals surface area contributed by atoms with E-state index in [2.05, 4.69) is 25.2 Å². The van der Waals surface area contributed by atoms with Gasteiger partial charge in [-0.2, -0.15) is 6.08 Å². The molecule has 0 heterocycles. The Bertz CT molecular complexity index is 130. The van der Waals surface area contributed by atoms with Gasteiger partial charge in [0.15, 0.2) is 0 Å². The van der Waals surface area contributed by atoms with Crippen LogP contribution >= 0.6 is 34.0 Å². The van der Waals surface area contributed by atoms with Gasteiger partial charge in [-0.15, -0.1) is 40.4 Å². The summed E-state index contributed by atoms with van der Waals surface area (Å²) in [4.78, 5) is 0. The third-order valence-corrected chi connectivity index (χ3v) is 1.29. The Labute approximate surface area is 109 Å². The van der Waals surface area contributed by atoms with Crippen molar-refractivity contribution in [2.75, 3.05) is 0 Å². The molecule has 1 aliphatic carbocycles. The molecule has 0 nitrogen and oxygen atoms in total. The number of hydrogen-bond donors (Lipinski definition) is 0. The first-order chi connectivity index (χ1) is 3.93. The van der Waals surface area contributed by atoms with Gasteiger partial charge in [0, 0.05) is 25.8 Å². The first kappa shape index (κ1) is 18.2. The summed E-state index contributed by atoms with van der Waals surface area (Å²) in [6, 6.07) is 0. The van der Waals surface area contributed by atoms with E-state index >= 15 is 0 Å². The van der Waals surface area contributed by atoms with Gasteiger partial charge in [0.05, 0.1) is 0 Å². The molecule has 3 heteroatoms. The molecule has 0 aliphatic heterocycles. The van der Waals surface area contributed by atoms with Crippen LogP contribution in [-0.2, 0) is 25.8 Å². The van der Waals surface area contributed by atoms with Crippen LogP contribution in [0.4, 0.5) is 0 Å². The third-order valence-electron chi connectivity index (χ3n) is 1.29. The molecular formula is C8H13Br2Hf-. The van der Waals surface area contributed by atoms with Gasteiger partial charge in [-0.1, -0.05) is 19.8 Å². The van der Waals surface area contributed by atoms with Gasteiger partial charge in [0.1, 0.15) is 0 Å². The average molecular weight is 447 g/mol. The average Bonchev–Trinajstić information content (AvgIpc) is 2.19. The van der Waals surface area contributed by atoms with Gasteiger partial charge in [0.25, 0.3) is 0 Å². The minimum atomic E-state index is 0. The van der Waals surface area contributed by atoms with Crippen molar-refractivity contribution >= 4 is 34.0 Å². The molecule has 11 heavy (non-hydrogen) atoms. The maximum atomic E-state index is 3.26. The first-order valence-corrected chi connectivity index (χ1v) is 3.19. The van der Waals surface area contributed by atoms with Gasteiger partial charge in [-0.25, -0.2) is 11.6 Å². The summed E-state index contributed by atoms with van der Waals surface area (Å²) in [7, 11) is 0. The number of allylic oxidation sites excluding steroid dienone is 4. The SMILES string of the molecule is Br.Br.CCCC1=[C-]CC=C1.[Hf]. The molecule has 64 valence electrons. The molecule has 0 amide bonds. The zero-order chi connectivity index (χ0) is 5.82. The first-order valence-electron chi connectivity index (χ1n) is 3.19. The Morgan fingerprint density at radius 1 is 1.45 bits per heavy atom. The predicted octanol–water partition coefficient (Wildman–Crippen LogP) is 3.63. The van der Waals surface area contributed by atoms with Crippen LogP contribution in [0.15, 0.2) is 17.7 Å². The van der Waals surface area contributed by atoms with Crippen LogP contribution in [0.1, 0.15) is 26.2 Å². The molecule has 0 aromatic heterocycles. The van der Waals surface area contributed by atoms with E-state index in [4.69, 9.17) is 0 Å². The third kappa shape index (κ3) is 7.66. The molecule has 0 fully saturated rings. The summed E-state index contributed by atoms with van der Waals surface area (Å²) in [6.07, 6.45) is 11.1. The van der Waals surface area contributed by atoms with Crippen LogP contribution < -0.4 is 0 Å². The summed E-state index contributed by atoms with van der Waals surface area (Å²) in [6.45, 7) is 2.20. The zero-order valence-electron chi connectivity index (χ0n) is 6.59. The number of hydrogen-bond acceptors (Lipinski definition) is 0. The Hall–Kier alpha value is 1.31. The molecule has 1 rings (SSSR count). The van der Waals surface area contributed by atoms with E-state index in [0.717, 1.165) is 6.42 Å². The van der Waals surface area contributed by atoms with Crippen LogP contribution in [0.25, 0.3) is 0 Å². The zero-order valence-corrected chi connectivity index (χ0v) is 13.6. The Morgan fingerprint density at radius 2 is 2.09 bits per heavy atom. The molecule has 0 aromatic carbocycles. The summed E-state index contributed by atoms with van der Waals surface area (Å²) in [5.41, 5.74) is 1.40. The summed E-state index contributed by atoms with van der Waals surface area (Å²) < 4.78 is 0. The van der Waals surface area contributed by atoms with E-state index in [-0.39, 0.29) is 59.8 Å². The van der Waals surface area contributed by atoms with Crippen molar-refractivity contribution in [1.29, 1.82) is 0 Å². The smallest absolute Gasteiger partial charge is 0 e. The molecule has 0 bridgehead atoms. The second-order valence-corrected chi connectivity index (χ2v) is 2.06. The second-order valence-electron chi connectivity index (χ2n) is 2.06. The van der Waals surface area contributed by atoms with Crippen LogP contribution in [0.5, 0.6) is 0 Å². The standard InChI is InChI=1S/C8H11.2BrH.Hf/c1-2-5-8-6-3-4-7-8;;;/h3,6H,2,4-5H2,1H3;2*1H;/q-1;;;. The van der Waals surface area contributed by atoms with E-state index in [9.17, 15) is 0 Å². The van der Waals surface area contributed by atoms with Crippen molar-refractivity contribution in [2.45, 2.75) is 26.2 Å². The van der Waals surface area contributed by atoms with E-state index < -0.39 is 0 Å². The van der Waals surface area contributed by atoms with Gasteiger partial charge in [-0.3, -0.25) is 6.08 Å². The second kappa shape index (κ2) is 11.3. The van der Waals surface area contributed by atoms with Gasteiger partial charge in [0.2, 0.25) is 0 Å². The van der Waals surface area contributed by atoms with Crippen LogP contribution in [0.3, 0.4) is 0 Å². The fourth-order valence-corrected chi connectivity index (χ4v) is 0.891. The topological polar surface area (TPSA) is 0 Å². The van der Waals surface area contributed by atoms with Crippen molar-refractivity contribution in [3.05, 3.63) is 23.8 Å². The van der Waals surface area contributed by atoms with Crippen molar-refractivity contribution in [2.24, 2.45) is 0 Å². The molecule has 0 N–H and O–H groups in total. The minimum absolute atomic E-state index is 0. The van der Waals surface area contributed by atoms with E-state index in [1.807, 2.05) is 0 Å². The molecular weight excluding hydrogens is 434 g/mol.